The summed E-state index contributed by atoms with van der Waals surface area (Å²) in [6, 6.07) is 9.29. The standard InChI is InChI=1S/C18H19ClN2O4S/c1-3-21(9-14-5-7-17(19)26-14)18(22)10-25-20-12(2)13-4-6-15-16(8-13)24-11-23-15/h4-8H,3,9-11H2,1-2H3/b20-12+. The molecule has 0 unspecified atom stereocenters. The summed E-state index contributed by atoms with van der Waals surface area (Å²) in [4.78, 5) is 20.3. The Bertz CT molecular complexity index is 821. The Morgan fingerprint density at radius 3 is 2.85 bits per heavy atom. The lowest BCUT2D eigenvalue weighted by molar-refractivity contribution is -0.136. The van der Waals surface area contributed by atoms with Gasteiger partial charge in [-0.2, -0.15) is 0 Å². The number of ether oxygens (including phenoxy) is 2. The molecule has 0 saturated carbocycles. The number of hydrogen-bond acceptors (Lipinski definition) is 6. The van der Waals surface area contributed by atoms with Gasteiger partial charge in [0.2, 0.25) is 6.79 Å². The first-order valence-electron chi connectivity index (χ1n) is 8.15. The summed E-state index contributed by atoms with van der Waals surface area (Å²) >= 11 is 7.40. The monoisotopic (exact) mass is 394 g/mol. The summed E-state index contributed by atoms with van der Waals surface area (Å²) in [5, 5.41) is 4.04. The number of thiophene rings is 1. The first-order valence-corrected chi connectivity index (χ1v) is 9.35. The Morgan fingerprint density at radius 2 is 2.12 bits per heavy atom. The van der Waals surface area contributed by atoms with Crippen LogP contribution in [0.2, 0.25) is 4.34 Å². The maximum atomic E-state index is 12.3. The Kier molecular flexibility index (Phi) is 6.00. The molecule has 3 rings (SSSR count). The highest BCUT2D eigenvalue weighted by Gasteiger charge is 2.16. The minimum atomic E-state index is -0.126. The van der Waals surface area contributed by atoms with Crippen molar-refractivity contribution in [2.45, 2.75) is 20.4 Å². The van der Waals surface area contributed by atoms with E-state index in [0.29, 0.717) is 34.6 Å². The predicted molar refractivity (Wildman–Crippen MR) is 101 cm³/mol. The average Bonchev–Trinajstić information content (AvgIpc) is 3.27. The third kappa shape index (κ3) is 4.47. The molecule has 2 aromatic rings. The Hall–Kier alpha value is -2.25. The SMILES string of the molecule is CCN(Cc1ccc(Cl)s1)C(=O)CO/N=C(\C)c1ccc2c(c1)OCO2. The number of nitrogens with zero attached hydrogens (tertiary/aromatic N) is 2. The maximum absolute atomic E-state index is 12.3. The zero-order valence-electron chi connectivity index (χ0n) is 14.5. The number of amides is 1. The minimum Gasteiger partial charge on any atom is -0.454 e. The van der Waals surface area contributed by atoms with Gasteiger partial charge in [0, 0.05) is 17.0 Å². The van der Waals surface area contributed by atoms with E-state index < -0.39 is 0 Å². The number of likely N-dealkylation sites (N-methyl/N-ethyl adjacent to an activating group) is 1. The predicted octanol–water partition coefficient (Wildman–Crippen LogP) is 3.92. The van der Waals surface area contributed by atoms with E-state index in [1.807, 2.05) is 44.2 Å². The molecule has 0 saturated heterocycles. The summed E-state index contributed by atoms with van der Waals surface area (Å²) in [5.41, 5.74) is 1.51. The van der Waals surface area contributed by atoms with Gasteiger partial charge in [-0.3, -0.25) is 4.79 Å². The molecule has 0 N–H and O–H groups in total. The molecule has 8 heteroatoms. The second-order valence-corrected chi connectivity index (χ2v) is 7.43. The van der Waals surface area contributed by atoms with Gasteiger partial charge in [-0.25, -0.2) is 0 Å². The molecular weight excluding hydrogens is 376 g/mol. The highest BCUT2D eigenvalue weighted by molar-refractivity contribution is 7.16. The number of rotatable bonds is 7. The first kappa shape index (κ1) is 18.5. The molecule has 0 spiro atoms. The van der Waals surface area contributed by atoms with Crippen LogP contribution in [0.4, 0.5) is 0 Å². The van der Waals surface area contributed by atoms with E-state index in [1.165, 1.54) is 11.3 Å². The lowest BCUT2D eigenvalue weighted by Gasteiger charge is -2.19. The van der Waals surface area contributed by atoms with Gasteiger partial charge in [-0.05, 0) is 44.2 Å². The third-order valence-electron chi connectivity index (χ3n) is 3.89. The van der Waals surface area contributed by atoms with Crippen LogP contribution in [-0.4, -0.2) is 36.5 Å². The molecular formula is C18H19ClN2O4S. The molecule has 1 aromatic carbocycles. The zero-order valence-corrected chi connectivity index (χ0v) is 16.1. The Balaban J connectivity index is 1.55. The third-order valence-corrected chi connectivity index (χ3v) is 5.11. The Labute approximate surface area is 160 Å². The fraction of sp³-hybridized carbons (Fsp3) is 0.333. The molecule has 0 atom stereocenters. The van der Waals surface area contributed by atoms with Crippen LogP contribution >= 0.6 is 22.9 Å². The highest BCUT2D eigenvalue weighted by Crippen LogP contribution is 2.32. The minimum absolute atomic E-state index is 0.116. The van der Waals surface area contributed by atoms with Crippen molar-refractivity contribution in [1.82, 2.24) is 4.90 Å². The van der Waals surface area contributed by atoms with Crippen LogP contribution in [0.1, 0.15) is 24.3 Å². The summed E-state index contributed by atoms with van der Waals surface area (Å²) in [6.45, 7) is 4.95. The molecule has 1 aliphatic rings. The number of oxime groups is 1. The van der Waals surface area contributed by atoms with Crippen LogP contribution in [0, 0.1) is 0 Å². The topological polar surface area (TPSA) is 60.4 Å². The summed E-state index contributed by atoms with van der Waals surface area (Å²) in [5.74, 6) is 1.27. The summed E-state index contributed by atoms with van der Waals surface area (Å²) < 4.78 is 11.3. The summed E-state index contributed by atoms with van der Waals surface area (Å²) in [7, 11) is 0. The van der Waals surface area contributed by atoms with Gasteiger partial charge in [0.15, 0.2) is 18.1 Å². The fourth-order valence-electron chi connectivity index (χ4n) is 2.45. The van der Waals surface area contributed by atoms with Crippen LogP contribution in [0.25, 0.3) is 0 Å². The van der Waals surface area contributed by atoms with Crippen molar-refractivity contribution in [1.29, 1.82) is 0 Å². The molecule has 0 bridgehead atoms. The van der Waals surface area contributed by atoms with E-state index in [0.717, 1.165) is 10.4 Å². The van der Waals surface area contributed by atoms with Gasteiger partial charge in [-0.15, -0.1) is 11.3 Å². The molecule has 138 valence electrons. The zero-order chi connectivity index (χ0) is 18.5. The van der Waals surface area contributed by atoms with E-state index in [2.05, 4.69) is 5.16 Å². The summed E-state index contributed by atoms with van der Waals surface area (Å²) in [6.07, 6.45) is 0. The van der Waals surface area contributed by atoms with Crippen molar-refractivity contribution in [2.75, 3.05) is 19.9 Å². The molecule has 26 heavy (non-hydrogen) atoms. The number of carbonyl (C=O) groups is 1. The van der Waals surface area contributed by atoms with E-state index >= 15 is 0 Å². The van der Waals surface area contributed by atoms with Gasteiger partial charge in [-0.1, -0.05) is 16.8 Å². The van der Waals surface area contributed by atoms with Crippen molar-refractivity contribution >= 4 is 34.6 Å². The molecule has 6 nitrogen and oxygen atoms in total. The van der Waals surface area contributed by atoms with Crippen LogP contribution in [0.5, 0.6) is 11.5 Å². The maximum Gasteiger partial charge on any atom is 0.263 e. The second kappa shape index (κ2) is 8.42. The molecule has 2 heterocycles. The fourth-order valence-corrected chi connectivity index (χ4v) is 3.55. The molecule has 0 radical (unpaired) electrons. The second-order valence-electron chi connectivity index (χ2n) is 5.63. The number of benzene rings is 1. The number of halogens is 1. The van der Waals surface area contributed by atoms with Crippen molar-refractivity contribution in [3.63, 3.8) is 0 Å². The van der Waals surface area contributed by atoms with Gasteiger partial charge in [0.1, 0.15) is 0 Å². The van der Waals surface area contributed by atoms with Gasteiger partial charge < -0.3 is 19.2 Å². The lowest BCUT2D eigenvalue weighted by Crippen LogP contribution is -2.32. The molecule has 0 fully saturated rings. The van der Waals surface area contributed by atoms with Crippen LogP contribution in [-0.2, 0) is 16.2 Å². The van der Waals surface area contributed by atoms with E-state index in [9.17, 15) is 4.79 Å². The molecule has 1 aliphatic heterocycles. The van der Waals surface area contributed by atoms with Gasteiger partial charge in [0.25, 0.3) is 5.91 Å². The van der Waals surface area contributed by atoms with E-state index in [1.54, 1.807) is 4.90 Å². The first-order chi connectivity index (χ1) is 12.6. The largest absolute Gasteiger partial charge is 0.454 e. The number of hydrogen-bond donors (Lipinski definition) is 0. The van der Waals surface area contributed by atoms with E-state index in [4.69, 9.17) is 25.9 Å². The molecule has 1 amide bonds. The van der Waals surface area contributed by atoms with Crippen molar-refractivity contribution in [3.8, 4) is 11.5 Å². The highest BCUT2D eigenvalue weighted by atomic mass is 35.5. The smallest absolute Gasteiger partial charge is 0.263 e. The quantitative estimate of drug-likeness (QED) is 0.527. The van der Waals surface area contributed by atoms with Crippen LogP contribution in [0.15, 0.2) is 35.5 Å². The van der Waals surface area contributed by atoms with Gasteiger partial charge in [0.05, 0.1) is 16.6 Å². The number of fused-ring (bicyclic) bond motifs is 1. The van der Waals surface area contributed by atoms with Gasteiger partial charge >= 0.3 is 0 Å². The average molecular weight is 395 g/mol. The Morgan fingerprint density at radius 1 is 1.31 bits per heavy atom. The normalized spacial score (nSPS) is 13.0. The van der Waals surface area contributed by atoms with Crippen molar-refractivity contribution in [2.24, 2.45) is 5.16 Å². The van der Waals surface area contributed by atoms with Crippen molar-refractivity contribution < 1.29 is 19.1 Å². The van der Waals surface area contributed by atoms with Crippen LogP contribution < -0.4 is 9.47 Å². The molecule has 1 aromatic heterocycles. The molecule has 0 aliphatic carbocycles. The lowest BCUT2D eigenvalue weighted by atomic mass is 10.1. The van der Waals surface area contributed by atoms with E-state index in [-0.39, 0.29) is 19.3 Å². The number of carbonyl (C=O) groups excluding carboxylic acids is 1. The van der Waals surface area contributed by atoms with Crippen LogP contribution in [0.3, 0.4) is 0 Å². The van der Waals surface area contributed by atoms with Crippen molar-refractivity contribution in [3.05, 3.63) is 45.1 Å².